The van der Waals surface area contributed by atoms with E-state index >= 15 is 0 Å². The van der Waals surface area contributed by atoms with Gasteiger partial charge in [-0.3, -0.25) is 0 Å². The maximum atomic E-state index is 13.1. The van der Waals surface area contributed by atoms with Crippen LogP contribution in [0.4, 0.5) is 4.39 Å². The second-order valence-corrected chi connectivity index (χ2v) is 3.70. The quantitative estimate of drug-likeness (QED) is 0.609. The summed E-state index contributed by atoms with van der Waals surface area (Å²) in [4.78, 5) is 0. The van der Waals surface area contributed by atoms with Gasteiger partial charge >= 0.3 is 0 Å². The molecule has 1 rings (SSSR count). The summed E-state index contributed by atoms with van der Waals surface area (Å²) in [6.07, 6.45) is -0.0334. The molecule has 0 amide bonds. The highest BCUT2D eigenvalue weighted by Gasteiger charge is 2.06. The van der Waals surface area contributed by atoms with Crippen molar-refractivity contribution < 1.29 is 13.9 Å². The summed E-state index contributed by atoms with van der Waals surface area (Å²) in [7, 11) is 1.60. The van der Waals surface area contributed by atoms with E-state index in [1.807, 2.05) is 6.92 Å². The lowest BCUT2D eigenvalue weighted by Gasteiger charge is -2.12. The first-order chi connectivity index (χ1) is 8.17. The van der Waals surface area contributed by atoms with E-state index < -0.39 is 0 Å². The minimum absolute atomic E-state index is 0.0334. The van der Waals surface area contributed by atoms with E-state index in [1.54, 1.807) is 13.2 Å². The molecule has 2 nitrogen and oxygen atoms in total. The molecule has 1 aromatic rings. The minimum atomic E-state index is -0.351. The molecule has 0 bridgehead atoms. The van der Waals surface area contributed by atoms with Crippen LogP contribution in [0.25, 0.3) is 0 Å². The molecule has 0 aliphatic rings. The van der Waals surface area contributed by atoms with Crippen LogP contribution in [0.3, 0.4) is 0 Å². The van der Waals surface area contributed by atoms with Crippen LogP contribution >= 0.6 is 11.6 Å². The number of halogens is 2. The van der Waals surface area contributed by atoms with Crippen LogP contribution in [0.15, 0.2) is 18.2 Å². The molecule has 4 heteroatoms. The molecule has 0 radical (unpaired) electrons. The molecule has 0 spiro atoms. The molecule has 0 aliphatic heterocycles. The summed E-state index contributed by atoms with van der Waals surface area (Å²) in [5.74, 6) is 5.81. The van der Waals surface area contributed by atoms with Gasteiger partial charge in [0.1, 0.15) is 18.2 Å². The van der Waals surface area contributed by atoms with E-state index in [4.69, 9.17) is 21.1 Å². The summed E-state index contributed by atoms with van der Waals surface area (Å²) in [5, 5.41) is 0. The van der Waals surface area contributed by atoms with E-state index in [9.17, 15) is 4.39 Å². The van der Waals surface area contributed by atoms with Gasteiger partial charge in [0, 0.05) is 7.11 Å². The Morgan fingerprint density at radius 2 is 2.24 bits per heavy atom. The second-order valence-electron chi connectivity index (χ2n) is 3.43. The highest BCUT2D eigenvalue weighted by Crippen LogP contribution is 2.19. The monoisotopic (exact) mass is 256 g/mol. The zero-order valence-corrected chi connectivity index (χ0v) is 10.6. The van der Waals surface area contributed by atoms with Crippen molar-refractivity contribution in [2.24, 2.45) is 0 Å². The Balaban J connectivity index is 2.82. The molecule has 0 N–H and O–H groups in total. The first-order valence-electron chi connectivity index (χ1n) is 5.17. The topological polar surface area (TPSA) is 18.5 Å². The highest BCUT2D eigenvalue weighted by atomic mass is 35.5. The predicted octanol–water partition coefficient (Wildman–Crippen LogP) is 2.83. The first kappa shape index (κ1) is 13.8. The highest BCUT2D eigenvalue weighted by molar-refractivity contribution is 6.19. The van der Waals surface area contributed by atoms with Crippen molar-refractivity contribution >= 4 is 11.6 Å². The van der Waals surface area contributed by atoms with Crippen LogP contribution in [0.2, 0.25) is 0 Å². The summed E-state index contributed by atoms with van der Waals surface area (Å²) in [5.41, 5.74) is 0.494. The number of alkyl halides is 1. The van der Waals surface area contributed by atoms with Crippen molar-refractivity contribution in [3.8, 4) is 17.6 Å². The van der Waals surface area contributed by atoms with Crippen molar-refractivity contribution in [3.63, 3.8) is 0 Å². The largest absolute Gasteiger partial charge is 0.490 e. The van der Waals surface area contributed by atoms with Gasteiger partial charge in [0.25, 0.3) is 0 Å². The standard InChI is InChI=1S/C13H14ClFO2/c1-10(16-2)9-17-13-6-5-12(15)8-11(13)4-3-7-14/h5-6,8,10H,7,9H2,1-2H3. The van der Waals surface area contributed by atoms with Gasteiger partial charge in [-0.25, -0.2) is 4.39 Å². The Hall–Kier alpha value is -1.24. The minimum Gasteiger partial charge on any atom is -0.490 e. The fraction of sp³-hybridized carbons (Fsp3) is 0.385. The van der Waals surface area contributed by atoms with E-state index in [-0.39, 0.29) is 17.8 Å². The first-order valence-corrected chi connectivity index (χ1v) is 5.70. The zero-order valence-electron chi connectivity index (χ0n) is 9.80. The number of benzene rings is 1. The Morgan fingerprint density at radius 1 is 1.47 bits per heavy atom. The number of hydrogen-bond acceptors (Lipinski definition) is 2. The van der Waals surface area contributed by atoms with Crippen molar-refractivity contribution in [1.29, 1.82) is 0 Å². The lowest BCUT2D eigenvalue weighted by Crippen LogP contribution is -2.16. The van der Waals surface area contributed by atoms with Gasteiger partial charge in [-0.1, -0.05) is 11.8 Å². The molecule has 0 saturated heterocycles. The van der Waals surface area contributed by atoms with Crippen LogP contribution in [0, 0.1) is 17.7 Å². The SMILES string of the molecule is COC(C)COc1ccc(F)cc1C#CCCl. The summed E-state index contributed by atoms with van der Waals surface area (Å²) >= 11 is 5.47. The zero-order chi connectivity index (χ0) is 12.7. The molecule has 1 atom stereocenters. The molecule has 17 heavy (non-hydrogen) atoms. The molecule has 1 aromatic carbocycles. The molecule has 1 unspecified atom stereocenters. The molecule has 0 heterocycles. The van der Waals surface area contributed by atoms with Crippen molar-refractivity contribution in [3.05, 3.63) is 29.6 Å². The van der Waals surface area contributed by atoms with E-state index in [0.29, 0.717) is 17.9 Å². The third-order valence-electron chi connectivity index (χ3n) is 2.11. The third kappa shape index (κ3) is 4.64. The predicted molar refractivity (Wildman–Crippen MR) is 66.0 cm³/mol. The Bertz CT molecular complexity index is 423. The van der Waals surface area contributed by atoms with Gasteiger partial charge in [-0.2, -0.15) is 0 Å². The van der Waals surface area contributed by atoms with Crippen molar-refractivity contribution in [1.82, 2.24) is 0 Å². The maximum absolute atomic E-state index is 13.1. The Morgan fingerprint density at radius 3 is 2.88 bits per heavy atom. The summed E-state index contributed by atoms with van der Waals surface area (Å²) < 4.78 is 23.6. The normalized spacial score (nSPS) is 11.5. The van der Waals surface area contributed by atoms with E-state index in [0.717, 1.165) is 0 Å². The van der Waals surface area contributed by atoms with Gasteiger partial charge in [0.15, 0.2) is 0 Å². The van der Waals surface area contributed by atoms with E-state index in [2.05, 4.69) is 11.8 Å². The number of ether oxygens (including phenoxy) is 2. The number of methoxy groups -OCH3 is 1. The summed E-state index contributed by atoms with van der Waals surface area (Å²) in [6, 6.07) is 4.21. The van der Waals surface area contributed by atoms with Gasteiger partial charge in [-0.05, 0) is 25.1 Å². The molecule has 0 aliphatic carbocycles. The van der Waals surface area contributed by atoms with E-state index in [1.165, 1.54) is 12.1 Å². The van der Waals surface area contributed by atoms with Gasteiger partial charge in [0.2, 0.25) is 0 Å². The third-order valence-corrected chi connectivity index (χ3v) is 2.24. The van der Waals surface area contributed by atoms with Crippen LogP contribution in [0.5, 0.6) is 5.75 Å². The molecule has 0 fully saturated rings. The molecule has 0 saturated carbocycles. The average Bonchev–Trinajstić information content (AvgIpc) is 2.34. The van der Waals surface area contributed by atoms with Crippen LogP contribution in [-0.2, 0) is 4.74 Å². The van der Waals surface area contributed by atoms with Gasteiger partial charge < -0.3 is 9.47 Å². The lowest BCUT2D eigenvalue weighted by atomic mass is 10.2. The maximum Gasteiger partial charge on any atom is 0.135 e. The molecule has 92 valence electrons. The number of hydrogen-bond donors (Lipinski definition) is 0. The Labute approximate surface area is 106 Å². The average molecular weight is 257 g/mol. The molecular formula is C13H14ClFO2. The smallest absolute Gasteiger partial charge is 0.135 e. The second kappa shape index (κ2) is 7.16. The Kier molecular flexibility index (Phi) is 5.82. The van der Waals surface area contributed by atoms with Crippen molar-refractivity contribution in [2.45, 2.75) is 13.0 Å². The lowest BCUT2D eigenvalue weighted by molar-refractivity contribution is 0.0715. The summed E-state index contributed by atoms with van der Waals surface area (Å²) in [6.45, 7) is 2.27. The van der Waals surface area contributed by atoms with Gasteiger partial charge in [0.05, 0.1) is 17.5 Å². The van der Waals surface area contributed by atoms with Crippen LogP contribution in [-0.4, -0.2) is 25.7 Å². The fourth-order valence-corrected chi connectivity index (χ4v) is 1.20. The molecular weight excluding hydrogens is 243 g/mol. The fourth-order valence-electron chi connectivity index (χ4n) is 1.13. The number of rotatable bonds is 4. The van der Waals surface area contributed by atoms with Crippen LogP contribution < -0.4 is 4.74 Å². The molecule has 0 aromatic heterocycles. The van der Waals surface area contributed by atoms with Gasteiger partial charge in [-0.15, -0.1) is 11.6 Å². The van der Waals surface area contributed by atoms with Crippen LogP contribution in [0.1, 0.15) is 12.5 Å². The van der Waals surface area contributed by atoms with Crippen molar-refractivity contribution in [2.75, 3.05) is 19.6 Å².